The summed E-state index contributed by atoms with van der Waals surface area (Å²) in [7, 11) is 0. The predicted octanol–water partition coefficient (Wildman–Crippen LogP) is 14.3. The van der Waals surface area contributed by atoms with Gasteiger partial charge in [-0.3, -0.25) is 0 Å². The van der Waals surface area contributed by atoms with Crippen LogP contribution in [-0.2, 0) is 41.4 Å². The van der Waals surface area contributed by atoms with E-state index < -0.39 is 51.5 Å². The molecule has 0 saturated carbocycles. The first-order valence-electron chi connectivity index (χ1n) is 23.9. The molecule has 3 aromatic rings. The highest BCUT2D eigenvalue weighted by Crippen LogP contribution is 2.39. The fourth-order valence-corrected chi connectivity index (χ4v) is 7.65. The van der Waals surface area contributed by atoms with Crippen molar-refractivity contribution in [2.24, 2.45) is 0 Å². The van der Waals surface area contributed by atoms with Crippen molar-refractivity contribution in [3.8, 4) is 17.2 Å². The first-order valence-corrected chi connectivity index (χ1v) is 23.9. The second kappa shape index (κ2) is 21.1. The molecule has 0 atom stereocenters. The summed E-state index contributed by atoms with van der Waals surface area (Å²) in [5, 5.41) is 0. The lowest BCUT2D eigenvalue weighted by Gasteiger charge is -2.34. The minimum Gasteiger partial charge on any atom is -0.476 e. The van der Waals surface area contributed by atoms with Crippen LogP contribution in [0.3, 0.4) is 0 Å². The van der Waals surface area contributed by atoms with E-state index in [9.17, 15) is 14.4 Å². The van der Waals surface area contributed by atoms with E-state index in [0.717, 1.165) is 72.4 Å². The molecule has 374 valence electrons. The molecule has 0 amide bonds. The van der Waals surface area contributed by atoms with Crippen molar-refractivity contribution in [1.82, 2.24) is 0 Å². The number of benzene rings is 3. The summed E-state index contributed by atoms with van der Waals surface area (Å²) in [6, 6.07) is 15.8. The zero-order valence-electron chi connectivity index (χ0n) is 46.2. The average molecular weight is 937 g/mol. The standard InChI is InChI=1S/C59H84O9/c1-35(2)41(10)54(13,14)66-51(60)57(19,20)63-48-27-25-38(7)29-44(48)33-46-31-40(9)32-47(50(46)65-59(23,24)53(62)68-56(17,18)43(12)37(5)6)34-45-30-39(8)26-28-49(45)64-58(21,22)52(61)67-55(15,16)42(11)36(3)4/h25-32H,33-34H2,1-24H3. The van der Waals surface area contributed by atoms with Crippen LogP contribution in [0.15, 0.2) is 82.0 Å². The summed E-state index contributed by atoms with van der Waals surface area (Å²) in [5.41, 5.74) is 5.46. The quantitative estimate of drug-likeness (QED) is 0.0660. The third kappa shape index (κ3) is 14.4. The fraction of sp³-hybridized carbons (Fsp3) is 0.542. The van der Waals surface area contributed by atoms with Gasteiger partial charge in [-0.05, 0) is 217 Å². The molecule has 0 saturated heterocycles. The molecular weight excluding hydrogens is 853 g/mol. The molecule has 9 nitrogen and oxygen atoms in total. The molecule has 0 bridgehead atoms. The minimum absolute atomic E-state index is 0.318. The number of ether oxygens (including phenoxy) is 6. The molecule has 0 aliphatic rings. The molecule has 0 N–H and O–H groups in total. The molecule has 0 aromatic heterocycles. The van der Waals surface area contributed by atoms with E-state index >= 15 is 0 Å². The third-order valence-corrected chi connectivity index (χ3v) is 13.1. The van der Waals surface area contributed by atoms with Crippen LogP contribution < -0.4 is 14.2 Å². The zero-order valence-corrected chi connectivity index (χ0v) is 46.2. The minimum atomic E-state index is -1.46. The van der Waals surface area contributed by atoms with E-state index in [2.05, 4.69) is 12.1 Å². The van der Waals surface area contributed by atoms with Gasteiger partial charge in [0.15, 0.2) is 16.8 Å². The molecule has 0 unspecified atom stereocenters. The van der Waals surface area contributed by atoms with Gasteiger partial charge in [0, 0.05) is 12.8 Å². The van der Waals surface area contributed by atoms with Crippen LogP contribution in [0.25, 0.3) is 0 Å². The summed E-state index contributed by atoms with van der Waals surface area (Å²) in [6.45, 7) is 45.5. The molecule has 0 radical (unpaired) electrons. The SMILES string of the molecule is CC(C)=C(C)C(C)(C)OC(=O)C(C)(C)Oc1ccc(C)cc1Cc1cc(C)cc(Cc2cc(C)ccc2OC(C)(C)C(=O)OC(C)(C)C(C)=C(C)C)c1OC(C)(C)C(=O)OC(C)(C)C(C)=C(C)C. The second-order valence-electron chi connectivity index (χ2n) is 22.4. The van der Waals surface area contributed by atoms with E-state index in [0.29, 0.717) is 30.1 Å². The molecule has 3 rings (SSSR count). The van der Waals surface area contributed by atoms with Crippen LogP contribution in [0.2, 0.25) is 0 Å². The Bertz CT molecular complexity index is 2330. The van der Waals surface area contributed by atoms with E-state index in [1.54, 1.807) is 41.5 Å². The van der Waals surface area contributed by atoms with Gasteiger partial charge in [-0.15, -0.1) is 0 Å². The van der Waals surface area contributed by atoms with Crippen molar-refractivity contribution in [1.29, 1.82) is 0 Å². The Labute approximate surface area is 410 Å². The monoisotopic (exact) mass is 937 g/mol. The Morgan fingerprint density at radius 3 is 0.912 bits per heavy atom. The number of carbonyl (C=O) groups is 3. The number of rotatable bonds is 19. The largest absolute Gasteiger partial charge is 0.476 e. The summed E-state index contributed by atoms with van der Waals surface area (Å²) < 4.78 is 38.7. The Balaban J connectivity index is 2.26. The van der Waals surface area contributed by atoms with Crippen molar-refractivity contribution < 1.29 is 42.8 Å². The van der Waals surface area contributed by atoms with E-state index in [4.69, 9.17) is 28.4 Å². The molecule has 0 fully saturated rings. The lowest BCUT2D eigenvalue weighted by molar-refractivity contribution is -0.170. The highest BCUT2D eigenvalue weighted by atomic mass is 16.6. The normalized spacial score (nSPS) is 12.4. The predicted molar refractivity (Wildman–Crippen MR) is 276 cm³/mol. The number of hydrogen-bond acceptors (Lipinski definition) is 9. The first-order chi connectivity index (χ1) is 30.8. The van der Waals surface area contributed by atoms with Gasteiger partial charge in [0.05, 0.1) is 0 Å². The van der Waals surface area contributed by atoms with E-state index in [1.807, 2.05) is 161 Å². The zero-order chi connectivity index (χ0) is 52.3. The molecule has 0 aliphatic heterocycles. The number of allylic oxidation sites excluding steroid dienone is 3. The summed E-state index contributed by atoms with van der Waals surface area (Å²) in [4.78, 5) is 42.1. The van der Waals surface area contributed by atoms with Gasteiger partial charge >= 0.3 is 17.9 Å². The Morgan fingerprint density at radius 1 is 0.368 bits per heavy atom. The van der Waals surface area contributed by atoms with Crippen LogP contribution in [0.5, 0.6) is 17.2 Å². The van der Waals surface area contributed by atoms with Gasteiger partial charge in [-0.1, -0.05) is 69.8 Å². The molecule has 3 aromatic carbocycles. The van der Waals surface area contributed by atoms with E-state index in [1.165, 1.54) is 0 Å². The van der Waals surface area contributed by atoms with Gasteiger partial charge < -0.3 is 28.4 Å². The van der Waals surface area contributed by atoms with Gasteiger partial charge in [0.1, 0.15) is 34.1 Å². The third-order valence-electron chi connectivity index (χ3n) is 13.1. The topological polar surface area (TPSA) is 107 Å². The second-order valence-corrected chi connectivity index (χ2v) is 22.4. The maximum absolute atomic E-state index is 14.3. The molecule has 0 heterocycles. The summed E-state index contributed by atoms with van der Waals surface area (Å²) >= 11 is 0. The summed E-state index contributed by atoms with van der Waals surface area (Å²) in [5.74, 6) is -0.0216. The molecule has 0 aliphatic carbocycles. The number of esters is 3. The highest BCUT2D eigenvalue weighted by Gasteiger charge is 2.41. The number of carbonyl (C=O) groups excluding carboxylic acids is 3. The summed E-state index contributed by atoms with van der Waals surface area (Å²) in [6.07, 6.45) is 0.637. The maximum atomic E-state index is 14.3. The number of hydrogen-bond donors (Lipinski definition) is 0. The smallest absolute Gasteiger partial charge is 0.350 e. The van der Waals surface area contributed by atoms with Crippen molar-refractivity contribution in [3.63, 3.8) is 0 Å². The van der Waals surface area contributed by atoms with Crippen LogP contribution in [0, 0.1) is 20.8 Å². The van der Waals surface area contributed by atoms with Gasteiger partial charge in [0.25, 0.3) is 0 Å². The van der Waals surface area contributed by atoms with Crippen LogP contribution in [-0.4, -0.2) is 51.5 Å². The van der Waals surface area contributed by atoms with Crippen molar-refractivity contribution in [2.75, 3.05) is 0 Å². The molecule has 0 spiro atoms. The Kier molecular flexibility index (Phi) is 17.7. The molecular formula is C59H84O9. The molecule has 9 heteroatoms. The van der Waals surface area contributed by atoms with Gasteiger partial charge in [0.2, 0.25) is 0 Å². The van der Waals surface area contributed by atoms with Crippen molar-refractivity contribution in [2.45, 2.75) is 213 Å². The average Bonchev–Trinajstić information content (AvgIpc) is 3.19. The lowest BCUT2D eigenvalue weighted by atomic mass is 9.93. The van der Waals surface area contributed by atoms with Crippen molar-refractivity contribution in [3.05, 3.63) is 121 Å². The number of aryl methyl sites for hydroxylation is 3. The van der Waals surface area contributed by atoms with Gasteiger partial charge in [-0.2, -0.15) is 0 Å². The first kappa shape index (κ1) is 57.0. The van der Waals surface area contributed by atoms with Crippen LogP contribution in [0.1, 0.15) is 184 Å². The van der Waals surface area contributed by atoms with E-state index in [-0.39, 0.29) is 0 Å². The lowest BCUT2D eigenvalue weighted by Crippen LogP contribution is -2.45. The molecule has 68 heavy (non-hydrogen) atoms. The maximum Gasteiger partial charge on any atom is 0.350 e. The van der Waals surface area contributed by atoms with Crippen LogP contribution >= 0.6 is 0 Å². The van der Waals surface area contributed by atoms with Gasteiger partial charge in [-0.25, -0.2) is 14.4 Å². The van der Waals surface area contributed by atoms with Crippen LogP contribution in [0.4, 0.5) is 0 Å². The Morgan fingerprint density at radius 2 is 0.632 bits per heavy atom. The fourth-order valence-electron chi connectivity index (χ4n) is 7.65. The Hall–Kier alpha value is -5.31. The highest BCUT2D eigenvalue weighted by molar-refractivity contribution is 5.81. The van der Waals surface area contributed by atoms with Crippen molar-refractivity contribution >= 4 is 17.9 Å².